The first-order valence-electron chi connectivity index (χ1n) is 23.3. The standard InChI is InChI=1S/C48H85O11P/c1-4-6-27-34-43(49)35-29-24-21-22-25-30-36-45(50)46(51)37-32-39-47(52)57-40-44(41-58-60(54,55)56)59-48(53)38-31-26-20-18-16-14-12-10-8-7-9-11-13-15-17-19-23-28-33-42(3)5-2/h6,21-22,24-25,27,29-30,35-36,42-46,49-51H,4-5,7-20,23,26,28,31-34,37-41H2,1-3H3,(H2,54,55,56)/b24-21+,25-22-,27-6-,35-29+,36-30-/t42?,43-,44-,45+,46+/m1/s1. The molecule has 0 amide bonds. The molecule has 0 heterocycles. The smallest absolute Gasteiger partial charge is 0.462 e. The average Bonchev–Trinajstić information content (AvgIpc) is 3.21. The molecule has 0 aromatic carbocycles. The monoisotopic (exact) mass is 869 g/mol. The number of carbonyl (C=O) groups is 2. The van der Waals surface area contributed by atoms with Crippen molar-refractivity contribution < 1.29 is 53.3 Å². The Labute approximate surface area is 364 Å². The first-order valence-corrected chi connectivity index (χ1v) is 24.8. The van der Waals surface area contributed by atoms with E-state index < -0.39 is 57.4 Å². The number of hydrogen-bond acceptors (Lipinski definition) is 9. The molecule has 12 heteroatoms. The largest absolute Gasteiger partial charge is 0.469 e. The molecule has 0 saturated carbocycles. The SMILES string of the molecule is CC/C=C\C[C@@H](O)/C=C/C=C/C=C\C=C/[C@H](O)[C@@H](O)CCCC(=O)OC[C@H](COP(=O)(O)O)OC(=O)CCCCCCCCCCCCCCCCCCCCC(C)CC. The van der Waals surface area contributed by atoms with Crippen molar-refractivity contribution in [2.24, 2.45) is 5.92 Å². The summed E-state index contributed by atoms with van der Waals surface area (Å²) in [5.74, 6) is -0.329. The Bertz CT molecular complexity index is 1220. The molecule has 0 rings (SSSR count). The fourth-order valence-electron chi connectivity index (χ4n) is 6.46. The summed E-state index contributed by atoms with van der Waals surface area (Å²) in [5, 5.41) is 30.3. The molecule has 0 saturated heterocycles. The number of hydrogen-bond donors (Lipinski definition) is 5. The second kappa shape index (κ2) is 40.7. The van der Waals surface area contributed by atoms with Gasteiger partial charge in [0.1, 0.15) is 6.61 Å². The highest BCUT2D eigenvalue weighted by molar-refractivity contribution is 7.46. The van der Waals surface area contributed by atoms with E-state index in [2.05, 4.69) is 18.4 Å². The third-order valence-electron chi connectivity index (χ3n) is 10.4. The minimum atomic E-state index is -4.84. The van der Waals surface area contributed by atoms with Crippen LogP contribution in [0.4, 0.5) is 0 Å². The Morgan fingerprint density at radius 1 is 0.583 bits per heavy atom. The van der Waals surface area contributed by atoms with E-state index in [0.717, 1.165) is 31.6 Å². The lowest BCUT2D eigenvalue weighted by atomic mass is 9.99. The number of ether oxygens (including phenoxy) is 2. The Hall–Kier alpha value is -2.37. The molecule has 0 fully saturated rings. The van der Waals surface area contributed by atoms with E-state index in [1.54, 1.807) is 42.5 Å². The van der Waals surface area contributed by atoms with Crippen LogP contribution in [0.15, 0.2) is 60.8 Å². The van der Waals surface area contributed by atoms with Crippen molar-refractivity contribution in [2.45, 2.75) is 212 Å². The Morgan fingerprint density at radius 3 is 1.58 bits per heavy atom. The van der Waals surface area contributed by atoms with Gasteiger partial charge in [-0.15, -0.1) is 0 Å². The summed E-state index contributed by atoms with van der Waals surface area (Å²) >= 11 is 0. The number of aliphatic hydroxyl groups excluding tert-OH is 3. The summed E-state index contributed by atoms with van der Waals surface area (Å²) in [5.41, 5.74) is 0. The molecule has 1 unspecified atom stereocenters. The van der Waals surface area contributed by atoms with Crippen LogP contribution in [0.5, 0.6) is 0 Å². The molecule has 5 atom stereocenters. The van der Waals surface area contributed by atoms with Gasteiger partial charge in [0, 0.05) is 12.8 Å². The van der Waals surface area contributed by atoms with Gasteiger partial charge >= 0.3 is 19.8 Å². The lowest BCUT2D eigenvalue weighted by Gasteiger charge is -2.18. The molecule has 0 aliphatic heterocycles. The number of rotatable bonds is 41. The van der Waals surface area contributed by atoms with Crippen LogP contribution in [0.3, 0.4) is 0 Å². The molecule has 0 aromatic heterocycles. The van der Waals surface area contributed by atoms with Crippen LogP contribution in [0.1, 0.15) is 188 Å². The molecular formula is C48H85O11P. The lowest BCUT2D eigenvalue weighted by Crippen LogP contribution is -2.29. The van der Waals surface area contributed by atoms with Crippen molar-refractivity contribution in [1.29, 1.82) is 0 Å². The number of unbranched alkanes of at least 4 members (excludes halogenated alkanes) is 17. The van der Waals surface area contributed by atoms with E-state index in [9.17, 15) is 29.5 Å². The summed E-state index contributed by atoms with van der Waals surface area (Å²) in [6.45, 7) is 5.60. The predicted molar refractivity (Wildman–Crippen MR) is 243 cm³/mol. The first-order chi connectivity index (χ1) is 28.9. The number of phosphoric acid groups is 1. The van der Waals surface area contributed by atoms with E-state index in [1.807, 2.05) is 19.1 Å². The van der Waals surface area contributed by atoms with E-state index >= 15 is 0 Å². The molecule has 0 bridgehead atoms. The van der Waals surface area contributed by atoms with Crippen LogP contribution in [0.2, 0.25) is 0 Å². The highest BCUT2D eigenvalue weighted by atomic mass is 31.2. The number of aliphatic hydroxyl groups is 3. The Balaban J connectivity index is 4.12. The van der Waals surface area contributed by atoms with Gasteiger partial charge in [-0.25, -0.2) is 4.57 Å². The molecule has 0 aliphatic carbocycles. The highest BCUT2D eigenvalue weighted by Crippen LogP contribution is 2.36. The topological polar surface area (TPSA) is 180 Å². The molecule has 0 radical (unpaired) electrons. The van der Waals surface area contributed by atoms with Crippen molar-refractivity contribution in [3.63, 3.8) is 0 Å². The first kappa shape index (κ1) is 57.6. The van der Waals surface area contributed by atoms with Crippen LogP contribution < -0.4 is 0 Å². The zero-order valence-corrected chi connectivity index (χ0v) is 38.5. The van der Waals surface area contributed by atoms with Gasteiger partial charge in [-0.05, 0) is 38.0 Å². The van der Waals surface area contributed by atoms with Crippen molar-refractivity contribution in [2.75, 3.05) is 13.2 Å². The van der Waals surface area contributed by atoms with E-state index in [4.69, 9.17) is 19.3 Å². The van der Waals surface area contributed by atoms with Crippen molar-refractivity contribution >= 4 is 19.8 Å². The number of carbonyl (C=O) groups excluding carboxylic acids is 2. The van der Waals surface area contributed by atoms with Gasteiger partial charge in [-0.2, -0.15) is 0 Å². The van der Waals surface area contributed by atoms with Gasteiger partial charge in [-0.3, -0.25) is 14.1 Å². The van der Waals surface area contributed by atoms with E-state index in [-0.39, 0.29) is 25.7 Å². The number of allylic oxidation sites excluding steroid dienone is 7. The molecule has 60 heavy (non-hydrogen) atoms. The maximum Gasteiger partial charge on any atom is 0.469 e. The molecular weight excluding hydrogens is 783 g/mol. The zero-order chi connectivity index (χ0) is 44.5. The second-order valence-corrected chi connectivity index (χ2v) is 17.4. The van der Waals surface area contributed by atoms with Gasteiger partial charge < -0.3 is 34.6 Å². The van der Waals surface area contributed by atoms with Crippen LogP contribution in [-0.2, 0) is 28.2 Å². The summed E-state index contributed by atoms with van der Waals surface area (Å²) in [4.78, 5) is 43.0. The Morgan fingerprint density at radius 2 is 1.07 bits per heavy atom. The molecule has 0 spiro atoms. The van der Waals surface area contributed by atoms with Gasteiger partial charge in [0.15, 0.2) is 6.10 Å². The molecule has 348 valence electrons. The van der Waals surface area contributed by atoms with Crippen molar-refractivity contribution in [1.82, 2.24) is 0 Å². The van der Waals surface area contributed by atoms with Gasteiger partial charge in [-0.1, -0.05) is 204 Å². The fraction of sp³-hybridized carbons (Fsp3) is 0.750. The lowest BCUT2D eigenvalue weighted by molar-refractivity contribution is -0.161. The van der Waals surface area contributed by atoms with Gasteiger partial charge in [0.05, 0.1) is 24.9 Å². The third-order valence-corrected chi connectivity index (χ3v) is 10.9. The molecule has 0 aliphatic rings. The van der Waals surface area contributed by atoms with Gasteiger partial charge in [0.25, 0.3) is 0 Å². The van der Waals surface area contributed by atoms with Crippen LogP contribution in [-0.4, -0.2) is 74.7 Å². The number of esters is 2. The summed E-state index contributed by atoms with van der Waals surface area (Å²) < 4.78 is 26.3. The third kappa shape index (κ3) is 41.0. The number of phosphoric ester groups is 1. The highest BCUT2D eigenvalue weighted by Gasteiger charge is 2.23. The Kier molecular flexibility index (Phi) is 39.1. The summed E-state index contributed by atoms with van der Waals surface area (Å²) in [7, 11) is -4.84. The van der Waals surface area contributed by atoms with Crippen LogP contribution >= 0.6 is 7.82 Å². The minimum absolute atomic E-state index is 0.0889. The van der Waals surface area contributed by atoms with Crippen molar-refractivity contribution in [3.05, 3.63) is 60.8 Å². The predicted octanol–water partition coefficient (Wildman–Crippen LogP) is 11.2. The second-order valence-electron chi connectivity index (χ2n) is 16.2. The minimum Gasteiger partial charge on any atom is -0.462 e. The molecule has 5 N–H and O–H groups in total. The van der Waals surface area contributed by atoms with Crippen LogP contribution in [0, 0.1) is 5.92 Å². The molecule has 0 aromatic rings. The average molecular weight is 869 g/mol. The van der Waals surface area contributed by atoms with Crippen molar-refractivity contribution in [3.8, 4) is 0 Å². The maximum absolute atomic E-state index is 12.5. The van der Waals surface area contributed by atoms with Gasteiger partial charge in [0.2, 0.25) is 0 Å². The summed E-state index contributed by atoms with van der Waals surface area (Å²) in [6, 6.07) is 0. The normalized spacial score (nSPS) is 15.1. The van der Waals surface area contributed by atoms with E-state index in [0.29, 0.717) is 12.8 Å². The van der Waals surface area contributed by atoms with E-state index in [1.165, 1.54) is 109 Å². The quantitative estimate of drug-likeness (QED) is 0.0130. The zero-order valence-electron chi connectivity index (χ0n) is 37.6. The molecule has 11 nitrogen and oxygen atoms in total. The van der Waals surface area contributed by atoms with Crippen LogP contribution in [0.25, 0.3) is 0 Å². The fourth-order valence-corrected chi connectivity index (χ4v) is 6.82. The maximum atomic E-state index is 12.5. The summed E-state index contributed by atoms with van der Waals surface area (Å²) in [6.07, 6.45) is 40.3.